The van der Waals surface area contributed by atoms with Crippen molar-refractivity contribution >= 4 is 0 Å². The Morgan fingerprint density at radius 3 is 2.70 bits per heavy atom. The van der Waals surface area contributed by atoms with E-state index in [0.29, 0.717) is 12.6 Å². The predicted molar refractivity (Wildman–Crippen MR) is 82.1 cm³/mol. The van der Waals surface area contributed by atoms with E-state index >= 15 is 0 Å². The molecule has 1 aliphatic rings. The van der Waals surface area contributed by atoms with Crippen LogP contribution in [0.15, 0.2) is 18.2 Å². The lowest BCUT2D eigenvalue weighted by Gasteiger charge is -2.31. The first kappa shape index (κ1) is 15.5. The molecule has 0 saturated carbocycles. The van der Waals surface area contributed by atoms with Gasteiger partial charge >= 0.3 is 0 Å². The highest BCUT2D eigenvalue weighted by Crippen LogP contribution is 2.30. The molecule has 1 aromatic rings. The van der Waals surface area contributed by atoms with E-state index in [4.69, 9.17) is 0 Å². The Hall–Kier alpha value is -0.930. The molecule has 1 aliphatic heterocycles. The van der Waals surface area contributed by atoms with Gasteiger partial charge in [0.25, 0.3) is 0 Å². The molecule has 0 amide bonds. The second-order valence-corrected chi connectivity index (χ2v) is 6.80. The molecule has 0 unspecified atom stereocenters. The third-order valence-electron chi connectivity index (χ3n) is 4.26. The van der Waals surface area contributed by atoms with Gasteiger partial charge in [0.2, 0.25) is 0 Å². The van der Waals surface area contributed by atoms with Crippen LogP contribution in [0, 0.1) is 5.82 Å². The molecule has 1 saturated heterocycles. The van der Waals surface area contributed by atoms with Crippen LogP contribution in [0.3, 0.4) is 0 Å². The van der Waals surface area contributed by atoms with Crippen molar-refractivity contribution in [2.45, 2.75) is 65.2 Å². The van der Waals surface area contributed by atoms with E-state index in [-0.39, 0.29) is 11.4 Å². The van der Waals surface area contributed by atoms with Crippen LogP contribution in [0.1, 0.15) is 51.7 Å². The molecular formula is C17H27FN2. The first-order valence-corrected chi connectivity index (χ1v) is 7.64. The summed E-state index contributed by atoms with van der Waals surface area (Å²) in [6, 6.07) is 5.94. The lowest BCUT2D eigenvalue weighted by Crippen LogP contribution is -2.37. The minimum Gasteiger partial charge on any atom is -0.310 e. The largest absolute Gasteiger partial charge is 0.310 e. The summed E-state index contributed by atoms with van der Waals surface area (Å²) in [6.07, 6.45) is 2.41. The van der Waals surface area contributed by atoms with Crippen molar-refractivity contribution in [3.63, 3.8) is 0 Å². The van der Waals surface area contributed by atoms with E-state index in [0.717, 1.165) is 24.2 Å². The summed E-state index contributed by atoms with van der Waals surface area (Å²) in [5, 5.41) is 3.38. The summed E-state index contributed by atoms with van der Waals surface area (Å²) >= 11 is 0. The quantitative estimate of drug-likeness (QED) is 0.883. The number of nitrogens with one attached hydrogen (secondary N) is 1. The molecule has 3 heteroatoms. The number of halogens is 1. The molecule has 112 valence electrons. The Morgan fingerprint density at radius 1 is 1.35 bits per heavy atom. The number of rotatable bonds is 5. The molecule has 1 N–H and O–H groups in total. The molecule has 1 fully saturated rings. The smallest absolute Gasteiger partial charge is 0.127 e. The molecular weight excluding hydrogens is 251 g/mol. The van der Waals surface area contributed by atoms with Gasteiger partial charge in [-0.1, -0.05) is 26.0 Å². The van der Waals surface area contributed by atoms with Crippen LogP contribution in [0.25, 0.3) is 0 Å². The molecule has 20 heavy (non-hydrogen) atoms. The fourth-order valence-corrected chi connectivity index (χ4v) is 2.84. The Kier molecular flexibility index (Phi) is 4.82. The Labute approximate surface area is 122 Å². The zero-order valence-electron chi connectivity index (χ0n) is 13.2. The number of nitrogens with zero attached hydrogens (tertiary/aromatic N) is 1. The lowest BCUT2D eigenvalue weighted by atomic mass is 10.0. The molecule has 2 rings (SSSR count). The Bertz CT molecular complexity index is 454. The van der Waals surface area contributed by atoms with Crippen LogP contribution >= 0.6 is 0 Å². The average Bonchev–Trinajstić information content (AvgIpc) is 2.69. The van der Waals surface area contributed by atoms with Gasteiger partial charge in [-0.05, 0) is 44.9 Å². The summed E-state index contributed by atoms with van der Waals surface area (Å²) in [6.45, 7) is 11.3. The maximum atomic E-state index is 14.0. The Balaban J connectivity index is 2.08. The van der Waals surface area contributed by atoms with Gasteiger partial charge < -0.3 is 5.32 Å². The van der Waals surface area contributed by atoms with Gasteiger partial charge in [0, 0.05) is 30.2 Å². The first-order chi connectivity index (χ1) is 9.38. The molecule has 1 heterocycles. The highest BCUT2D eigenvalue weighted by Gasteiger charge is 2.32. The van der Waals surface area contributed by atoms with Gasteiger partial charge in [-0.25, -0.2) is 4.39 Å². The fourth-order valence-electron chi connectivity index (χ4n) is 2.84. The van der Waals surface area contributed by atoms with E-state index in [1.54, 1.807) is 6.07 Å². The van der Waals surface area contributed by atoms with E-state index < -0.39 is 0 Å². The third kappa shape index (κ3) is 3.80. The third-order valence-corrected chi connectivity index (χ3v) is 4.26. The van der Waals surface area contributed by atoms with Gasteiger partial charge in [0.15, 0.2) is 0 Å². The zero-order valence-corrected chi connectivity index (χ0v) is 13.2. The zero-order chi connectivity index (χ0) is 14.8. The minimum atomic E-state index is -0.0824. The molecule has 1 aromatic carbocycles. The summed E-state index contributed by atoms with van der Waals surface area (Å²) in [4.78, 5) is 2.39. The van der Waals surface area contributed by atoms with Crippen LogP contribution in [0.4, 0.5) is 4.39 Å². The number of hydrogen-bond acceptors (Lipinski definition) is 2. The fraction of sp³-hybridized carbons (Fsp3) is 0.647. The van der Waals surface area contributed by atoms with Gasteiger partial charge in [-0.3, -0.25) is 4.90 Å². The van der Waals surface area contributed by atoms with Crippen molar-refractivity contribution in [3.05, 3.63) is 35.1 Å². The summed E-state index contributed by atoms with van der Waals surface area (Å²) < 4.78 is 14.0. The van der Waals surface area contributed by atoms with Gasteiger partial charge in [-0.2, -0.15) is 0 Å². The predicted octanol–water partition coefficient (Wildman–Crippen LogP) is 3.70. The minimum absolute atomic E-state index is 0.0824. The summed E-state index contributed by atoms with van der Waals surface area (Å²) in [5.74, 6) is -0.0824. The standard InChI is InChI=1S/C17H27FN2/c1-13(2)19-11-14-6-7-16(18)15(10-14)12-20-9-5-8-17(20,3)4/h6-7,10,13,19H,5,8-9,11-12H2,1-4H3. The van der Waals surface area contributed by atoms with Gasteiger partial charge in [-0.15, -0.1) is 0 Å². The van der Waals surface area contributed by atoms with Crippen molar-refractivity contribution < 1.29 is 4.39 Å². The van der Waals surface area contributed by atoms with Crippen molar-refractivity contribution in [3.8, 4) is 0 Å². The van der Waals surface area contributed by atoms with E-state index in [9.17, 15) is 4.39 Å². The topological polar surface area (TPSA) is 15.3 Å². The molecule has 2 nitrogen and oxygen atoms in total. The SMILES string of the molecule is CC(C)NCc1ccc(F)c(CN2CCCC2(C)C)c1. The highest BCUT2D eigenvalue weighted by atomic mass is 19.1. The lowest BCUT2D eigenvalue weighted by molar-refractivity contribution is 0.164. The van der Waals surface area contributed by atoms with Gasteiger partial charge in [0.1, 0.15) is 5.82 Å². The molecule has 0 radical (unpaired) electrons. The van der Waals surface area contributed by atoms with Crippen LogP contribution < -0.4 is 5.32 Å². The summed E-state index contributed by atoms with van der Waals surface area (Å²) in [5.41, 5.74) is 2.17. The average molecular weight is 278 g/mol. The van der Waals surface area contributed by atoms with E-state index in [1.807, 2.05) is 12.1 Å². The molecule has 0 bridgehead atoms. The van der Waals surface area contributed by atoms with Crippen molar-refractivity contribution in [2.75, 3.05) is 6.54 Å². The maximum absolute atomic E-state index is 14.0. The molecule has 0 spiro atoms. The molecule has 0 aliphatic carbocycles. The first-order valence-electron chi connectivity index (χ1n) is 7.64. The van der Waals surface area contributed by atoms with Crippen LogP contribution in [-0.4, -0.2) is 23.0 Å². The Morgan fingerprint density at radius 2 is 2.10 bits per heavy atom. The maximum Gasteiger partial charge on any atom is 0.127 e. The van der Waals surface area contributed by atoms with Crippen molar-refractivity contribution in [1.29, 1.82) is 0 Å². The second kappa shape index (κ2) is 6.23. The number of benzene rings is 1. The van der Waals surface area contributed by atoms with E-state index in [1.165, 1.54) is 12.8 Å². The monoisotopic (exact) mass is 278 g/mol. The number of likely N-dealkylation sites (tertiary alicyclic amines) is 1. The van der Waals surface area contributed by atoms with Crippen LogP contribution in [-0.2, 0) is 13.1 Å². The van der Waals surface area contributed by atoms with E-state index in [2.05, 4.69) is 37.9 Å². The molecule has 0 aromatic heterocycles. The molecule has 0 atom stereocenters. The highest BCUT2D eigenvalue weighted by molar-refractivity contribution is 5.25. The second-order valence-electron chi connectivity index (χ2n) is 6.80. The summed E-state index contributed by atoms with van der Waals surface area (Å²) in [7, 11) is 0. The normalized spacial score (nSPS) is 18.9. The van der Waals surface area contributed by atoms with Gasteiger partial charge in [0.05, 0.1) is 0 Å². The number of hydrogen-bond donors (Lipinski definition) is 1. The van der Waals surface area contributed by atoms with Crippen LogP contribution in [0.5, 0.6) is 0 Å². The van der Waals surface area contributed by atoms with Crippen molar-refractivity contribution in [2.24, 2.45) is 0 Å². The van der Waals surface area contributed by atoms with Crippen LogP contribution in [0.2, 0.25) is 0 Å². The van der Waals surface area contributed by atoms with Crippen molar-refractivity contribution in [1.82, 2.24) is 10.2 Å².